The smallest absolute Gasteiger partial charge is 0.319 e. The Morgan fingerprint density at radius 1 is 1.40 bits per heavy atom. The Labute approximate surface area is 88.7 Å². The summed E-state index contributed by atoms with van der Waals surface area (Å²) in [5.74, 6) is -0.346. The lowest BCUT2D eigenvalue weighted by Crippen LogP contribution is -2.29. The van der Waals surface area contributed by atoms with Gasteiger partial charge in [-0.25, -0.2) is 9.18 Å². The fourth-order valence-corrected chi connectivity index (χ4v) is 1.22. The molecule has 0 radical (unpaired) electrons. The van der Waals surface area contributed by atoms with E-state index in [1.165, 1.54) is 12.1 Å². The highest BCUT2D eigenvalue weighted by Gasteiger charge is 2.02. The molecule has 0 atom stereocenters. The number of aryl methyl sites for hydroxylation is 1. The highest BCUT2D eigenvalue weighted by Crippen LogP contribution is 2.12. The number of rotatable bonds is 3. The lowest BCUT2D eigenvalue weighted by molar-refractivity contribution is 0.252. The molecule has 2 N–H and O–H groups in total. The molecule has 0 aliphatic heterocycles. The maximum Gasteiger partial charge on any atom is 0.319 e. The third-order valence-corrected chi connectivity index (χ3v) is 1.84. The van der Waals surface area contributed by atoms with Crippen LogP contribution in [0.4, 0.5) is 14.9 Å². The molecule has 0 saturated heterocycles. The van der Waals surface area contributed by atoms with Crippen LogP contribution in [-0.2, 0) is 0 Å². The largest absolute Gasteiger partial charge is 0.338 e. The summed E-state index contributed by atoms with van der Waals surface area (Å²) in [5, 5.41) is 5.22. The van der Waals surface area contributed by atoms with Gasteiger partial charge in [0, 0.05) is 12.2 Å². The SMILES string of the molecule is CCCNC(=O)Nc1cc(C)cc(F)c1. The summed E-state index contributed by atoms with van der Waals surface area (Å²) in [6, 6.07) is 4.12. The van der Waals surface area contributed by atoms with Gasteiger partial charge >= 0.3 is 6.03 Å². The average molecular weight is 210 g/mol. The van der Waals surface area contributed by atoms with Crippen molar-refractivity contribution < 1.29 is 9.18 Å². The van der Waals surface area contributed by atoms with Crippen LogP contribution < -0.4 is 10.6 Å². The Morgan fingerprint density at radius 2 is 2.13 bits per heavy atom. The quantitative estimate of drug-likeness (QED) is 0.791. The number of anilines is 1. The van der Waals surface area contributed by atoms with Gasteiger partial charge in [0.2, 0.25) is 0 Å². The Hall–Kier alpha value is -1.58. The molecular weight excluding hydrogens is 195 g/mol. The van der Waals surface area contributed by atoms with Crippen molar-refractivity contribution in [3.8, 4) is 0 Å². The first-order valence-electron chi connectivity index (χ1n) is 4.94. The van der Waals surface area contributed by atoms with Gasteiger partial charge in [0.15, 0.2) is 0 Å². The predicted octanol–water partition coefficient (Wildman–Crippen LogP) is 2.67. The fourth-order valence-electron chi connectivity index (χ4n) is 1.22. The standard InChI is InChI=1S/C11H15FN2O/c1-3-4-13-11(15)14-10-6-8(2)5-9(12)7-10/h5-7H,3-4H2,1-2H3,(H2,13,14,15). The molecule has 2 amide bonds. The zero-order valence-corrected chi connectivity index (χ0v) is 8.93. The van der Waals surface area contributed by atoms with E-state index in [4.69, 9.17) is 0 Å². The summed E-state index contributed by atoms with van der Waals surface area (Å²) in [6.07, 6.45) is 0.871. The lowest BCUT2D eigenvalue weighted by Gasteiger charge is -2.07. The molecule has 15 heavy (non-hydrogen) atoms. The third kappa shape index (κ3) is 3.97. The summed E-state index contributed by atoms with van der Waals surface area (Å²) >= 11 is 0. The molecular formula is C11H15FN2O. The van der Waals surface area contributed by atoms with Crippen molar-refractivity contribution in [3.05, 3.63) is 29.6 Å². The first-order valence-corrected chi connectivity index (χ1v) is 4.94. The van der Waals surface area contributed by atoms with Crippen LogP contribution in [0.2, 0.25) is 0 Å². The van der Waals surface area contributed by atoms with Crippen LogP contribution in [0.1, 0.15) is 18.9 Å². The minimum Gasteiger partial charge on any atom is -0.338 e. The van der Waals surface area contributed by atoms with Crippen LogP contribution in [0.25, 0.3) is 0 Å². The second-order valence-corrected chi connectivity index (χ2v) is 3.40. The van der Waals surface area contributed by atoms with E-state index in [2.05, 4.69) is 10.6 Å². The molecule has 0 saturated carbocycles. The van der Waals surface area contributed by atoms with Gasteiger partial charge in [-0.1, -0.05) is 6.92 Å². The highest BCUT2D eigenvalue weighted by atomic mass is 19.1. The van der Waals surface area contributed by atoms with E-state index >= 15 is 0 Å². The third-order valence-electron chi connectivity index (χ3n) is 1.84. The Balaban J connectivity index is 2.60. The van der Waals surface area contributed by atoms with Crippen molar-refractivity contribution in [1.29, 1.82) is 0 Å². The average Bonchev–Trinajstić information content (AvgIpc) is 2.13. The van der Waals surface area contributed by atoms with Crippen molar-refractivity contribution in [3.63, 3.8) is 0 Å². The molecule has 1 aromatic rings. The summed E-state index contributed by atoms with van der Waals surface area (Å²) in [4.78, 5) is 11.2. The molecule has 0 aromatic heterocycles. The van der Waals surface area contributed by atoms with Gasteiger partial charge in [-0.3, -0.25) is 0 Å². The number of benzene rings is 1. The van der Waals surface area contributed by atoms with Gasteiger partial charge in [-0.05, 0) is 37.1 Å². The monoisotopic (exact) mass is 210 g/mol. The second-order valence-electron chi connectivity index (χ2n) is 3.40. The van der Waals surface area contributed by atoms with E-state index in [1.54, 1.807) is 13.0 Å². The number of nitrogens with one attached hydrogen (secondary N) is 2. The van der Waals surface area contributed by atoms with Gasteiger partial charge in [0.05, 0.1) is 0 Å². The van der Waals surface area contributed by atoms with Crippen LogP contribution >= 0.6 is 0 Å². The van der Waals surface area contributed by atoms with Crippen molar-refractivity contribution >= 4 is 11.7 Å². The molecule has 0 unspecified atom stereocenters. The normalized spacial score (nSPS) is 9.80. The number of amides is 2. The molecule has 82 valence electrons. The van der Waals surface area contributed by atoms with E-state index in [9.17, 15) is 9.18 Å². The Kier molecular flexibility index (Phi) is 4.09. The number of hydrogen-bond donors (Lipinski definition) is 2. The topological polar surface area (TPSA) is 41.1 Å². The van der Waals surface area contributed by atoms with Gasteiger partial charge in [-0.2, -0.15) is 0 Å². The van der Waals surface area contributed by atoms with Crippen LogP contribution in [0.5, 0.6) is 0 Å². The zero-order valence-electron chi connectivity index (χ0n) is 8.93. The molecule has 3 nitrogen and oxygen atoms in total. The van der Waals surface area contributed by atoms with Gasteiger partial charge in [-0.15, -0.1) is 0 Å². The van der Waals surface area contributed by atoms with Crippen molar-refractivity contribution in [2.75, 3.05) is 11.9 Å². The van der Waals surface area contributed by atoms with Gasteiger partial charge in [0.1, 0.15) is 5.82 Å². The minimum atomic E-state index is -0.346. The molecule has 0 aliphatic rings. The summed E-state index contributed by atoms with van der Waals surface area (Å²) in [7, 11) is 0. The van der Waals surface area contributed by atoms with E-state index in [0.717, 1.165) is 12.0 Å². The summed E-state index contributed by atoms with van der Waals surface area (Å²) in [6.45, 7) is 4.35. The number of urea groups is 1. The first kappa shape index (κ1) is 11.5. The number of hydrogen-bond acceptors (Lipinski definition) is 1. The Morgan fingerprint density at radius 3 is 2.73 bits per heavy atom. The number of halogens is 1. The van der Waals surface area contributed by atoms with E-state index < -0.39 is 0 Å². The fraction of sp³-hybridized carbons (Fsp3) is 0.364. The van der Waals surface area contributed by atoms with Crippen molar-refractivity contribution in [1.82, 2.24) is 5.32 Å². The van der Waals surface area contributed by atoms with Crippen LogP contribution in [0.15, 0.2) is 18.2 Å². The van der Waals surface area contributed by atoms with Crippen molar-refractivity contribution in [2.24, 2.45) is 0 Å². The van der Waals surface area contributed by atoms with Gasteiger partial charge in [0.25, 0.3) is 0 Å². The zero-order chi connectivity index (χ0) is 11.3. The first-order chi connectivity index (χ1) is 7.11. The Bertz CT molecular complexity index is 332. The molecule has 1 rings (SSSR count). The number of carbonyl (C=O) groups excluding carboxylic acids is 1. The number of carbonyl (C=O) groups is 1. The molecule has 4 heteroatoms. The van der Waals surface area contributed by atoms with Gasteiger partial charge < -0.3 is 10.6 Å². The van der Waals surface area contributed by atoms with Crippen LogP contribution in [0.3, 0.4) is 0 Å². The molecule has 0 spiro atoms. The molecule has 0 heterocycles. The van der Waals surface area contributed by atoms with E-state index in [0.29, 0.717) is 12.2 Å². The molecule has 0 fully saturated rings. The maximum atomic E-state index is 13.0. The van der Waals surface area contributed by atoms with Crippen LogP contribution in [0, 0.1) is 12.7 Å². The predicted molar refractivity (Wildman–Crippen MR) is 58.4 cm³/mol. The minimum absolute atomic E-state index is 0.304. The summed E-state index contributed by atoms with van der Waals surface area (Å²) in [5.41, 5.74) is 1.25. The van der Waals surface area contributed by atoms with E-state index in [1.807, 2.05) is 6.92 Å². The van der Waals surface area contributed by atoms with E-state index in [-0.39, 0.29) is 11.8 Å². The summed E-state index contributed by atoms with van der Waals surface area (Å²) < 4.78 is 13.0. The molecule has 0 aliphatic carbocycles. The van der Waals surface area contributed by atoms with Crippen LogP contribution in [-0.4, -0.2) is 12.6 Å². The molecule has 1 aromatic carbocycles. The molecule has 0 bridgehead atoms. The lowest BCUT2D eigenvalue weighted by atomic mass is 10.2. The maximum absolute atomic E-state index is 13.0. The van der Waals surface area contributed by atoms with Crippen molar-refractivity contribution in [2.45, 2.75) is 20.3 Å². The second kappa shape index (κ2) is 5.34. The highest BCUT2D eigenvalue weighted by molar-refractivity contribution is 5.89.